The predicted octanol–water partition coefficient (Wildman–Crippen LogP) is 2.35. The minimum Gasteiger partial charge on any atom is -0.324 e. The van der Waals surface area contributed by atoms with Crippen molar-refractivity contribution in [2.45, 2.75) is 44.7 Å². The van der Waals surface area contributed by atoms with Crippen LogP contribution in [0.4, 0.5) is 26.3 Å². The van der Waals surface area contributed by atoms with E-state index in [-0.39, 0.29) is 18.9 Å². The van der Waals surface area contributed by atoms with Crippen LogP contribution in [0.25, 0.3) is 0 Å². The molecule has 10 heteroatoms. The van der Waals surface area contributed by atoms with Crippen LogP contribution in [-0.4, -0.2) is 27.1 Å². The van der Waals surface area contributed by atoms with Crippen molar-refractivity contribution < 1.29 is 26.3 Å². The van der Waals surface area contributed by atoms with Gasteiger partial charge in [0.2, 0.25) is 5.92 Å². The molecular formula is C9H12F6N4. The lowest BCUT2D eigenvalue weighted by Crippen LogP contribution is -2.36. The van der Waals surface area contributed by atoms with E-state index in [1.165, 1.54) is 0 Å². The van der Waals surface area contributed by atoms with E-state index in [2.05, 4.69) is 10.2 Å². The van der Waals surface area contributed by atoms with Crippen molar-refractivity contribution in [3.8, 4) is 0 Å². The molecule has 0 aliphatic heterocycles. The highest BCUT2D eigenvalue weighted by Gasteiger charge is 2.60. The average Bonchev–Trinajstić information content (AvgIpc) is 2.58. The summed E-state index contributed by atoms with van der Waals surface area (Å²) in [7, 11) is 0. The first-order valence-corrected chi connectivity index (χ1v) is 5.38. The molecule has 0 aromatic carbocycles. The molecule has 1 heterocycles. The molecule has 1 rings (SSSR count). The van der Waals surface area contributed by atoms with E-state index in [0.717, 1.165) is 4.57 Å². The zero-order valence-electron chi connectivity index (χ0n) is 9.89. The van der Waals surface area contributed by atoms with Gasteiger partial charge in [0, 0.05) is 6.54 Å². The second kappa shape index (κ2) is 5.35. The third-order valence-electron chi connectivity index (χ3n) is 2.40. The smallest absolute Gasteiger partial charge is 0.324 e. The fraction of sp³-hybridized carbons (Fsp3) is 0.778. The first-order chi connectivity index (χ1) is 8.62. The average molecular weight is 290 g/mol. The van der Waals surface area contributed by atoms with Gasteiger partial charge in [0.15, 0.2) is 5.82 Å². The minimum absolute atomic E-state index is 0.0580. The number of nitrogens with zero attached hydrogens (tertiary/aromatic N) is 3. The maximum atomic E-state index is 12.6. The minimum atomic E-state index is -5.48. The summed E-state index contributed by atoms with van der Waals surface area (Å²) in [5.41, 5.74) is 5.23. The Bertz CT molecular complexity index is 407. The first-order valence-electron chi connectivity index (χ1n) is 5.38. The first kappa shape index (κ1) is 15.7. The van der Waals surface area contributed by atoms with Gasteiger partial charge in [-0.15, -0.1) is 10.2 Å². The van der Waals surface area contributed by atoms with Crippen molar-refractivity contribution in [3.05, 3.63) is 11.6 Å². The number of rotatable bonds is 4. The fourth-order valence-corrected chi connectivity index (χ4v) is 1.66. The Labute approximate surface area is 104 Å². The summed E-state index contributed by atoms with van der Waals surface area (Å²) in [5, 5.41) is 6.32. The van der Waals surface area contributed by atoms with Crippen molar-refractivity contribution in [1.82, 2.24) is 14.8 Å². The lowest BCUT2D eigenvalue weighted by Gasteiger charge is -2.23. The highest BCUT2D eigenvalue weighted by atomic mass is 19.4. The summed E-state index contributed by atoms with van der Waals surface area (Å²) in [6.45, 7) is 1.27. The van der Waals surface area contributed by atoms with Crippen molar-refractivity contribution in [2.24, 2.45) is 5.73 Å². The van der Waals surface area contributed by atoms with Gasteiger partial charge < -0.3 is 10.3 Å². The molecule has 110 valence electrons. The molecule has 0 fully saturated rings. The molecule has 0 aliphatic rings. The summed E-state index contributed by atoms with van der Waals surface area (Å²) in [4.78, 5) is 0. The standard InChI is InChI=1S/C9H12F6N4/c1-2-3-19-5(4-16)17-18-7(19)6(8(10,11)12)9(13,14)15/h6H,2-4,16H2,1H3. The monoisotopic (exact) mass is 290 g/mol. The maximum absolute atomic E-state index is 12.6. The Hall–Kier alpha value is -1.32. The molecule has 0 atom stereocenters. The molecule has 0 aliphatic carbocycles. The van der Waals surface area contributed by atoms with Gasteiger partial charge in [-0.1, -0.05) is 6.92 Å². The van der Waals surface area contributed by atoms with Gasteiger partial charge in [0.05, 0.1) is 6.54 Å². The van der Waals surface area contributed by atoms with Gasteiger partial charge in [-0.2, -0.15) is 26.3 Å². The van der Waals surface area contributed by atoms with Crippen LogP contribution in [0.15, 0.2) is 0 Å². The van der Waals surface area contributed by atoms with E-state index in [1.807, 2.05) is 0 Å². The number of aromatic nitrogens is 3. The van der Waals surface area contributed by atoms with Gasteiger partial charge in [0.25, 0.3) is 0 Å². The molecule has 0 radical (unpaired) electrons. The van der Waals surface area contributed by atoms with Crippen LogP contribution in [0, 0.1) is 0 Å². The van der Waals surface area contributed by atoms with Gasteiger partial charge in [-0.3, -0.25) is 0 Å². The third kappa shape index (κ3) is 3.37. The largest absolute Gasteiger partial charge is 0.407 e. The zero-order valence-corrected chi connectivity index (χ0v) is 9.89. The second-order valence-corrected chi connectivity index (χ2v) is 3.85. The van der Waals surface area contributed by atoms with Crippen LogP contribution < -0.4 is 5.73 Å². The lowest BCUT2D eigenvalue weighted by atomic mass is 10.1. The molecule has 0 spiro atoms. The van der Waals surface area contributed by atoms with E-state index in [4.69, 9.17) is 5.73 Å². The Morgan fingerprint density at radius 2 is 1.63 bits per heavy atom. The summed E-state index contributed by atoms with van der Waals surface area (Å²) in [6, 6.07) is 0. The van der Waals surface area contributed by atoms with Crippen LogP contribution in [0.1, 0.15) is 30.9 Å². The Morgan fingerprint density at radius 3 is 2.00 bits per heavy atom. The van der Waals surface area contributed by atoms with Gasteiger partial charge in [-0.05, 0) is 6.42 Å². The molecule has 0 unspecified atom stereocenters. The third-order valence-corrected chi connectivity index (χ3v) is 2.40. The maximum Gasteiger partial charge on any atom is 0.407 e. The molecule has 0 saturated heterocycles. The van der Waals surface area contributed by atoms with E-state index in [1.54, 1.807) is 6.92 Å². The summed E-state index contributed by atoms with van der Waals surface area (Å²) in [6.07, 6.45) is -10.6. The van der Waals surface area contributed by atoms with Gasteiger partial charge >= 0.3 is 12.4 Å². The topological polar surface area (TPSA) is 56.7 Å². The highest BCUT2D eigenvalue weighted by Crippen LogP contribution is 2.45. The highest BCUT2D eigenvalue weighted by molar-refractivity contribution is 5.08. The molecule has 1 aromatic heterocycles. The van der Waals surface area contributed by atoms with Crippen LogP contribution in [0.5, 0.6) is 0 Å². The number of nitrogens with two attached hydrogens (primary N) is 1. The number of hydrogen-bond donors (Lipinski definition) is 1. The van der Waals surface area contributed by atoms with E-state index in [0.29, 0.717) is 6.42 Å². The quantitative estimate of drug-likeness (QED) is 0.866. The molecule has 1 aromatic rings. The van der Waals surface area contributed by atoms with E-state index >= 15 is 0 Å². The van der Waals surface area contributed by atoms with Crippen LogP contribution >= 0.6 is 0 Å². The Kier molecular flexibility index (Phi) is 4.43. The normalized spacial score (nSPS) is 13.3. The van der Waals surface area contributed by atoms with Gasteiger partial charge in [-0.25, -0.2) is 0 Å². The molecule has 0 amide bonds. The molecule has 4 nitrogen and oxygen atoms in total. The van der Waals surface area contributed by atoms with Crippen LogP contribution in [-0.2, 0) is 13.1 Å². The van der Waals surface area contributed by atoms with E-state index in [9.17, 15) is 26.3 Å². The predicted molar refractivity (Wildman–Crippen MR) is 53.1 cm³/mol. The zero-order chi connectivity index (χ0) is 14.8. The van der Waals surface area contributed by atoms with Crippen molar-refractivity contribution in [1.29, 1.82) is 0 Å². The Balaban J connectivity index is 3.35. The van der Waals surface area contributed by atoms with Crippen molar-refractivity contribution in [2.75, 3.05) is 0 Å². The molecule has 2 N–H and O–H groups in total. The number of hydrogen-bond acceptors (Lipinski definition) is 3. The molecule has 0 bridgehead atoms. The van der Waals surface area contributed by atoms with E-state index < -0.39 is 24.1 Å². The molecule has 19 heavy (non-hydrogen) atoms. The second-order valence-electron chi connectivity index (χ2n) is 3.85. The summed E-state index contributed by atoms with van der Waals surface area (Å²) in [5.74, 6) is -4.92. The Morgan fingerprint density at radius 1 is 1.11 bits per heavy atom. The molecular weight excluding hydrogens is 278 g/mol. The summed E-state index contributed by atoms with van der Waals surface area (Å²) >= 11 is 0. The lowest BCUT2D eigenvalue weighted by molar-refractivity contribution is -0.256. The van der Waals surface area contributed by atoms with Crippen LogP contribution in [0.2, 0.25) is 0 Å². The van der Waals surface area contributed by atoms with Crippen molar-refractivity contribution >= 4 is 0 Å². The SMILES string of the molecule is CCCn1c(CN)nnc1C(C(F)(F)F)C(F)(F)F. The van der Waals surface area contributed by atoms with Crippen molar-refractivity contribution in [3.63, 3.8) is 0 Å². The number of alkyl halides is 6. The fourth-order valence-electron chi connectivity index (χ4n) is 1.66. The van der Waals surface area contributed by atoms with Crippen LogP contribution in [0.3, 0.4) is 0 Å². The molecule has 0 saturated carbocycles. The number of halogens is 6. The van der Waals surface area contributed by atoms with Gasteiger partial charge in [0.1, 0.15) is 5.82 Å². The summed E-state index contributed by atoms with van der Waals surface area (Å²) < 4.78 is 76.4.